The van der Waals surface area contributed by atoms with Crippen LogP contribution in [0.4, 0.5) is 49.6 Å². The number of hydrogen-bond acceptors (Lipinski definition) is 16. The van der Waals surface area contributed by atoms with Crippen LogP contribution in [0.5, 0.6) is 0 Å². The number of halogens is 20. The molecule has 676 valence electrons. The summed E-state index contributed by atoms with van der Waals surface area (Å²) < 4.78 is 162. The predicted molar refractivity (Wildman–Crippen MR) is 500 cm³/mol. The summed E-state index contributed by atoms with van der Waals surface area (Å²) in [5, 5.41) is 21.1. The van der Waals surface area contributed by atoms with Gasteiger partial charge >= 0.3 is 43.2 Å². The Bertz CT molecular complexity index is 5360. The van der Waals surface area contributed by atoms with E-state index in [1.807, 2.05) is 6.92 Å². The summed E-state index contributed by atoms with van der Waals surface area (Å²) in [5.41, 5.74) is 13.6. The van der Waals surface area contributed by atoms with Crippen molar-refractivity contribution < 1.29 is 123 Å². The van der Waals surface area contributed by atoms with Crippen molar-refractivity contribution in [1.82, 2.24) is 0 Å². The Balaban J connectivity index is 0.00000141. The number of aliphatic hydroxyl groups is 2. The summed E-state index contributed by atoms with van der Waals surface area (Å²) in [7, 11) is 0.764. The first kappa shape index (κ1) is 120. The number of aliphatic hydroxyl groups excluding tert-OH is 2. The van der Waals surface area contributed by atoms with Crippen LogP contribution >= 0.6 is 152 Å². The number of aryl methyl sites for hydroxylation is 6. The van der Waals surface area contributed by atoms with Crippen molar-refractivity contribution in [2.75, 3.05) is 33.2 Å². The van der Waals surface area contributed by atoms with E-state index in [-0.39, 0.29) is 114 Å². The van der Waals surface area contributed by atoms with Crippen molar-refractivity contribution in [3.63, 3.8) is 0 Å². The molecular formula is C89H80Br10F10MgN2O14P+. The van der Waals surface area contributed by atoms with Crippen LogP contribution in [0.15, 0.2) is 219 Å². The topological polar surface area (TPSA) is 244 Å². The van der Waals surface area contributed by atoms with Crippen LogP contribution in [0.3, 0.4) is 0 Å². The molecule has 0 spiro atoms. The molecule has 38 heteroatoms. The summed E-state index contributed by atoms with van der Waals surface area (Å²) in [5.74, 6) is -5.46. The third-order valence-electron chi connectivity index (χ3n) is 15.7. The summed E-state index contributed by atoms with van der Waals surface area (Å²) >= 11 is 29.0. The number of ketones is 2. The molecule has 0 heterocycles. The molecule has 0 fully saturated rings. The summed E-state index contributed by atoms with van der Waals surface area (Å²) in [6.07, 6.45) is -0.454. The maximum Gasteiger partial charge on any atom is 2.00 e. The van der Waals surface area contributed by atoms with Gasteiger partial charge in [-0.3, -0.25) is 14.4 Å². The van der Waals surface area contributed by atoms with Crippen LogP contribution in [0.1, 0.15) is 156 Å². The van der Waals surface area contributed by atoms with E-state index in [0.717, 1.165) is 16.1 Å². The van der Waals surface area contributed by atoms with Crippen LogP contribution in [-0.4, -0.2) is 96.6 Å². The molecule has 0 bridgehead atoms. The van der Waals surface area contributed by atoms with Gasteiger partial charge in [-0.2, -0.15) is 18.2 Å². The summed E-state index contributed by atoms with van der Waals surface area (Å²) in [6.45, 7) is 17.8. The average molecular weight is 2450 g/mol. The first-order valence-corrected chi connectivity index (χ1v) is 44.4. The molecule has 0 aromatic heterocycles. The van der Waals surface area contributed by atoms with Gasteiger partial charge in [0.2, 0.25) is 0 Å². The number of esters is 2. The van der Waals surface area contributed by atoms with Crippen LogP contribution in [0.25, 0.3) is 0 Å². The third-order valence-corrected chi connectivity index (χ3v) is 22.4. The van der Waals surface area contributed by atoms with Gasteiger partial charge in [-0.1, -0.05) is 124 Å². The number of nitrogens with two attached hydrogens (primary N) is 1. The standard InChI is InChI=1S/C14H7Br3F2O.C14H11BrF2O.C14H9BrF2O.C9H8BrFO2.C9H10BrNO2.C8H8BrFO.C8H6BrFO.C6H4F.C4H10O3P.C3H7NO2.BrH.Mg/c15-11-5-10(14(16)17)12(19)6-9(11)13(20)7-1-3-8(18)4-2-7;2*1-8-6-12(15)11(7-13(8)17)14(18)9-2-4-10(16)5-3-9;2*1-5-3-7(10)6(4-8(5)11)9(12)13-2;2*1-5-2-7(9)6(4-11)3-8(5)10;7-6-4-2-1-3-5-6;1-3-6-8(5)7-4-2;1-3(2)6-4-5;;/h1-6,14H;2-7,14,18H,1H3;2-7H,1H3;3-4H,1-2H3;3-4H,11H2,1-2H3;2-3,11H,4H2,1H3;2-4H,1H3;2-5H;3-4H2,1-2H3;3H,1-2H3;1H;/q;;;;;;;-1;+1;;;+2/p-1. The van der Waals surface area contributed by atoms with Gasteiger partial charge in [0, 0.05) is 86.3 Å². The molecule has 0 saturated heterocycles. The number of anilines is 1. The number of nitrogens with zero attached hydrogens (tertiary/aromatic N) is 1. The van der Waals surface area contributed by atoms with Crippen LogP contribution < -0.4 is 22.7 Å². The Kier molecular flexibility index (Phi) is 59.4. The van der Waals surface area contributed by atoms with Gasteiger partial charge in [-0.05, 0) is 291 Å². The number of carbonyl (C=O) groups is 5. The fourth-order valence-corrected chi connectivity index (χ4v) is 14.5. The van der Waals surface area contributed by atoms with Crippen molar-refractivity contribution in [1.29, 1.82) is 0 Å². The summed E-state index contributed by atoms with van der Waals surface area (Å²) in [6, 6.07) is 44.4. The molecule has 1 atom stereocenters. The number of nitrogen functional groups attached to an aromatic ring is 1. The molecule has 0 aliphatic rings. The van der Waals surface area contributed by atoms with Crippen LogP contribution in [0.2, 0.25) is 0 Å². The quantitative estimate of drug-likeness (QED) is 0.00656. The normalized spacial score (nSPS) is 10.2. The second kappa shape index (κ2) is 62.7. The number of aldehydes is 1. The maximum atomic E-state index is 13.9. The molecule has 0 radical (unpaired) electrons. The molecule has 11 aromatic carbocycles. The SMILES string of the molecule is CC(C)ON=O.CCO[P+](=O)OCC.COC(=O)c1cc(F)c(C)cc1Br.COC(=O)c1cc(N)c(C)cc1Br.Cc1cc(Br)c(C(=O)c2ccc(F)cc2)cc1F.Cc1cc(Br)c(C(O)c2ccc(F)cc2)cc1F.Cc1cc(Br)c(C=O)cc1F.Cc1cc(Br)c(CO)cc1F.Fc1cc[c-]cc1.O=C(c1ccc(F)cc1)c1cc(F)c(C(Br)Br)cc1Br.[Br-].[Mg+2]. The van der Waals surface area contributed by atoms with Crippen molar-refractivity contribution in [3.05, 3.63) is 377 Å². The van der Waals surface area contributed by atoms with E-state index < -0.39 is 55.4 Å². The van der Waals surface area contributed by atoms with E-state index in [1.54, 1.807) is 105 Å². The van der Waals surface area contributed by atoms with Crippen LogP contribution in [-0.2, 0) is 34.5 Å². The zero-order valence-electron chi connectivity index (χ0n) is 69.3. The molecule has 1 unspecified atom stereocenters. The van der Waals surface area contributed by atoms with Crippen molar-refractivity contribution in [3.8, 4) is 0 Å². The fraction of sp³-hybridized carbons (Fsp3) is 0.202. The molecular weight excluding hydrogens is 2370 g/mol. The first-order valence-electron chi connectivity index (χ1n) is 36.0. The molecule has 11 rings (SSSR count). The van der Waals surface area contributed by atoms with E-state index in [9.17, 15) is 77.5 Å². The molecule has 0 saturated carbocycles. The maximum absolute atomic E-state index is 13.9. The van der Waals surface area contributed by atoms with Gasteiger partial charge < -0.3 is 47.2 Å². The monoisotopic (exact) mass is 2430 g/mol. The Hall–Kier alpha value is -6.62. The van der Waals surface area contributed by atoms with Gasteiger partial charge in [0.25, 0.3) is 0 Å². The Labute approximate surface area is 832 Å². The molecule has 11 aromatic rings. The number of hydrogen-bond donors (Lipinski definition) is 3. The first-order chi connectivity index (χ1) is 58.8. The van der Waals surface area contributed by atoms with Gasteiger partial charge in [-0.15, -0.1) is 26.1 Å². The minimum Gasteiger partial charge on any atom is -1.00 e. The number of alkyl halides is 2. The van der Waals surface area contributed by atoms with E-state index in [0.29, 0.717) is 124 Å². The van der Waals surface area contributed by atoms with E-state index >= 15 is 0 Å². The fourth-order valence-electron chi connectivity index (χ4n) is 9.06. The number of ether oxygens (including phenoxy) is 2. The van der Waals surface area contributed by atoms with E-state index in [1.165, 1.54) is 148 Å². The van der Waals surface area contributed by atoms with Gasteiger partial charge in [0.15, 0.2) is 23.2 Å². The minimum absolute atomic E-state index is 0. The smallest absolute Gasteiger partial charge is 1.00 e. The second-order valence-electron chi connectivity index (χ2n) is 25.3. The molecule has 4 N–H and O–H groups in total. The number of methoxy groups -OCH3 is 2. The molecule has 0 amide bonds. The van der Waals surface area contributed by atoms with Gasteiger partial charge in [0.1, 0.15) is 77.8 Å². The Morgan fingerprint density at radius 2 is 0.819 bits per heavy atom. The Morgan fingerprint density at radius 1 is 0.472 bits per heavy atom. The largest absolute Gasteiger partial charge is 2.00 e. The number of rotatable bonds is 17. The molecule has 16 nitrogen and oxygen atoms in total. The van der Waals surface area contributed by atoms with Gasteiger partial charge in [-0.25, -0.2) is 53.5 Å². The van der Waals surface area contributed by atoms with Crippen molar-refractivity contribution in [2.24, 2.45) is 5.34 Å². The molecule has 0 aliphatic heterocycles. The van der Waals surface area contributed by atoms with Crippen molar-refractivity contribution in [2.45, 2.75) is 91.8 Å². The second-order valence-corrected chi connectivity index (χ2v) is 35.3. The average Bonchev–Trinajstić information content (AvgIpc) is 0.799. The third kappa shape index (κ3) is 42.6. The van der Waals surface area contributed by atoms with E-state index in [2.05, 4.69) is 178 Å². The zero-order chi connectivity index (χ0) is 94.8. The van der Waals surface area contributed by atoms with Crippen molar-refractivity contribution >= 4 is 210 Å². The van der Waals surface area contributed by atoms with Gasteiger partial charge in [0.05, 0.1) is 35.7 Å². The molecule has 127 heavy (non-hydrogen) atoms. The predicted octanol–water partition coefficient (Wildman–Crippen LogP) is 25.1. The Morgan fingerprint density at radius 3 is 1.20 bits per heavy atom. The number of carbonyl (C=O) groups excluding carboxylic acids is 5. The summed E-state index contributed by atoms with van der Waals surface area (Å²) in [4.78, 5) is 70.2. The van der Waals surface area contributed by atoms with E-state index in [4.69, 9.17) is 15.7 Å². The number of benzene rings is 11. The minimum atomic E-state index is -1.83. The zero-order valence-corrected chi connectivity index (χ0v) is 87.5. The van der Waals surface area contributed by atoms with Crippen LogP contribution in [0, 0.1) is 111 Å². The molecule has 0 aliphatic carbocycles.